The molecule has 1 aromatic rings. The summed E-state index contributed by atoms with van der Waals surface area (Å²) in [5.74, 6) is 0.181. The first-order valence-electron chi connectivity index (χ1n) is 6.26. The summed E-state index contributed by atoms with van der Waals surface area (Å²) in [7, 11) is 2.06. The number of likely N-dealkylation sites (N-methyl/N-ethyl adjacent to an activating group) is 1. The van der Waals surface area contributed by atoms with Crippen LogP contribution in [0.5, 0.6) is 0 Å². The first-order chi connectivity index (χ1) is 8.27. The van der Waals surface area contributed by atoms with E-state index in [0.29, 0.717) is 6.54 Å². The summed E-state index contributed by atoms with van der Waals surface area (Å²) >= 11 is 1.67. The maximum atomic E-state index is 12.1. The van der Waals surface area contributed by atoms with Crippen molar-refractivity contribution in [3.8, 4) is 0 Å². The zero-order valence-corrected chi connectivity index (χ0v) is 11.1. The Hall–Kier alpha value is -0.870. The van der Waals surface area contributed by atoms with Crippen molar-refractivity contribution in [2.24, 2.45) is 0 Å². The molecule has 1 N–H and O–H groups in total. The lowest BCUT2D eigenvalue weighted by molar-refractivity contribution is -0.126. The monoisotopic (exact) mass is 252 g/mol. The molecule has 2 heterocycles. The minimum Gasteiger partial charge on any atom is -0.351 e. The van der Waals surface area contributed by atoms with Gasteiger partial charge in [0.2, 0.25) is 5.91 Å². The SMILES string of the molecule is CN1CCCCCC1C(=O)NCc1ccsc1. The van der Waals surface area contributed by atoms with Gasteiger partial charge < -0.3 is 5.32 Å². The third-order valence-corrected chi connectivity index (χ3v) is 4.10. The third kappa shape index (κ3) is 3.54. The first kappa shape index (κ1) is 12.6. The van der Waals surface area contributed by atoms with Crippen molar-refractivity contribution in [3.63, 3.8) is 0 Å². The molecule has 1 aliphatic rings. The molecule has 0 aromatic carbocycles. The summed E-state index contributed by atoms with van der Waals surface area (Å²) in [5.41, 5.74) is 1.19. The van der Waals surface area contributed by atoms with Crippen LogP contribution in [-0.4, -0.2) is 30.4 Å². The van der Waals surface area contributed by atoms with Crippen molar-refractivity contribution in [2.45, 2.75) is 38.3 Å². The average Bonchev–Trinajstić information content (AvgIpc) is 2.75. The largest absolute Gasteiger partial charge is 0.351 e. The second kappa shape index (κ2) is 6.17. The molecule has 0 saturated carbocycles. The fraction of sp³-hybridized carbons (Fsp3) is 0.615. The molecule has 94 valence electrons. The van der Waals surface area contributed by atoms with Crippen LogP contribution < -0.4 is 5.32 Å². The van der Waals surface area contributed by atoms with E-state index in [1.165, 1.54) is 24.8 Å². The zero-order chi connectivity index (χ0) is 12.1. The van der Waals surface area contributed by atoms with Crippen LogP contribution in [0.1, 0.15) is 31.2 Å². The highest BCUT2D eigenvalue weighted by Crippen LogP contribution is 2.15. The Balaban J connectivity index is 1.85. The molecular formula is C13H20N2OS. The molecule has 1 saturated heterocycles. The molecule has 1 aromatic heterocycles. The van der Waals surface area contributed by atoms with Crippen LogP contribution in [0.3, 0.4) is 0 Å². The molecule has 0 aliphatic carbocycles. The molecule has 1 fully saturated rings. The number of carbonyl (C=O) groups excluding carboxylic acids is 1. The molecule has 1 unspecified atom stereocenters. The molecule has 3 nitrogen and oxygen atoms in total. The van der Waals surface area contributed by atoms with Gasteiger partial charge in [-0.15, -0.1) is 0 Å². The van der Waals surface area contributed by atoms with E-state index in [1.54, 1.807) is 11.3 Å². The lowest BCUT2D eigenvalue weighted by Crippen LogP contribution is -2.44. The average molecular weight is 252 g/mol. The van der Waals surface area contributed by atoms with Gasteiger partial charge in [-0.2, -0.15) is 11.3 Å². The van der Waals surface area contributed by atoms with Crippen LogP contribution in [-0.2, 0) is 11.3 Å². The normalized spacial score (nSPS) is 22.1. The van der Waals surface area contributed by atoms with Gasteiger partial charge in [0.05, 0.1) is 6.04 Å². The van der Waals surface area contributed by atoms with Gasteiger partial charge in [0, 0.05) is 6.54 Å². The quantitative estimate of drug-likeness (QED) is 0.895. The molecule has 2 rings (SSSR count). The van der Waals surface area contributed by atoms with E-state index in [4.69, 9.17) is 0 Å². The molecule has 0 radical (unpaired) electrons. The van der Waals surface area contributed by atoms with Crippen LogP contribution >= 0.6 is 11.3 Å². The number of hydrogen-bond donors (Lipinski definition) is 1. The van der Waals surface area contributed by atoms with Gasteiger partial charge in [0.25, 0.3) is 0 Å². The second-order valence-electron chi connectivity index (χ2n) is 4.70. The standard InChI is InChI=1S/C13H20N2OS/c1-15-7-4-2-3-5-12(15)13(16)14-9-11-6-8-17-10-11/h6,8,10,12H,2-5,7,9H2,1H3,(H,14,16). The fourth-order valence-corrected chi connectivity index (χ4v) is 2.95. The maximum Gasteiger partial charge on any atom is 0.237 e. The summed E-state index contributed by atoms with van der Waals surface area (Å²) < 4.78 is 0. The van der Waals surface area contributed by atoms with Gasteiger partial charge in [-0.3, -0.25) is 9.69 Å². The van der Waals surface area contributed by atoms with Crippen molar-refractivity contribution in [2.75, 3.05) is 13.6 Å². The Labute approximate surface area is 107 Å². The summed E-state index contributed by atoms with van der Waals surface area (Å²) in [5, 5.41) is 7.16. The van der Waals surface area contributed by atoms with Crippen LogP contribution in [0.25, 0.3) is 0 Å². The second-order valence-corrected chi connectivity index (χ2v) is 5.48. The van der Waals surface area contributed by atoms with Gasteiger partial charge in [-0.05, 0) is 48.8 Å². The molecule has 1 atom stereocenters. The summed E-state index contributed by atoms with van der Waals surface area (Å²) in [6, 6.07) is 2.12. The molecule has 1 amide bonds. The molecular weight excluding hydrogens is 232 g/mol. The lowest BCUT2D eigenvalue weighted by Gasteiger charge is -2.24. The van der Waals surface area contributed by atoms with Gasteiger partial charge >= 0.3 is 0 Å². The van der Waals surface area contributed by atoms with Crippen molar-refractivity contribution in [1.82, 2.24) is 10.2 Å². The Bertz CT molecular complexity index is 350. The Morgan fingerprint density at radius 3 is 3.18 bits per heavy atom. The molecule has 0 spiro atoms. The smallest absolute Gasteiger partial charge is 0.237 e. The van der Waals surface area contributed by atoms with Crippen molar-refractivity contribution >= 4 is 17.2 Å². The van der Waals surface area contributed by atoms with Gasteiger partial charge in [0.15, 0.2) is 0 Å². The number of carbonyl (C=O) groups is 1. The highest BCUT2D eigenvalue weighted by Gasteiger charge is 2.24. The predicted octanol–water partition coefficient (Wildman–Crippen LogP) is 2.24. The molecule has 17 heavy (non-hydrogen) atoms. The van der Waals surface area contributed by atoms with E-state index < -0.39 is 0 Å². The first-order valence-corrected chi connectivity index (χ1v) is 7.20. The predicted molar refractivity (Wildman–Crippen MR) is 71.1 cm³/mol. The summed E-state index contributed by atoms with van der Waals surface area (Å²) in [4.78, 5) is 14.3. The van der Waals surface area contributed by atoms with E-state index in [9.17, 15) is 4.79 Å². The van der Waals surface area contributed by atoms with Crippen LogP contribution in [0, 0.1) is 0 Å². The minimum absolute atomic E-state index is 0.0659. The van der Waals surface area contributed by atoms with E-state index in [0.717, 1.165) is 13.0 Å². The summed E-state index contributed by atoms with van der Waals surface area (Å²) in [6.07, 6.45) is 4.62. The van der Waals surface area contributed by atoms with Crippen molar-refractivity contribution < 1.29 is 4.79 Å². The number of amides is 1. The van der Waals surface area contributed by atoms with Gasteiger partial charge in [0.1, 0.15) is 0 Å². The highest BCUT2D eigenvalue weighted by molar-refractivity contribution is 7.07. The van der Waals surface area contributed by atoms with Crippen LogP contribution in [0.15, 0.2) is 16.8 Å². The minimum atomic E-state index is 0.0659. The highest BCUT2D eigenvalue weighted by atomic mass is 32.1. The zero-order valence-electron chi connectivity index (χ0n) is 10.3. The topological polar surface area (TPSA) is 32.3 Å². The lowest BCUT2D eigenvalue weighted by atomic mass is 10.1. The van der Waals surface area contributed by atoms with E-state index >= 15 is 0 Å². The summed E-state index contributed by atoms with van der Waals surface area (Å²) in [6.45, 7) is 1.70. The molecule has 0 bridgehead atoms. The van der Waals surface area contributed by atoms with E-state index in [-0.39, 0.29) is 11.9 Å². The number of nitrogens with zero attached hydrogens (tertiary/aromatic N) is 1. The van der Waals surface area contributed by atoms with Crippen LogP contribution in [0.4, 0.5) is 0 Å². The number of thiophene rings is 1. The third-order valence-electron chi connectivity index (χ3n) is 3.37. The fourth-order valence-electron chi connectivity index (χ4n) is 2.28. The van der Waals surface area contributed by atoms with E-state index in [1.807, 2.05) is 5.38 Å². The van der Waals surface area contributed by atoms with Crippen molar-refractivity contribution in [3.05, 3.63) is 22.4 Å². The number of likely N-dealkylation sites (tertiary alicyclic amines) is 1. The Morgan fingerprint density at radius 1 is 1.53 bits per heavy atom. The number of rotatable bonds is 3. The molecule has 1 aliphatic heterocycles. The molecule has 4 heteroatoms. The van der Waals surface area contributed by atoms with Crippen molar-refractivity contribution in [1.29, 1.82) is 0 Å². The number of hydrogen-bond acceptors (Lipinski definition) is 3. The number of nitrogens with one attached hydrogen (secondary N) is 1. The Morgan fingerprint density at radius 2 is 2.41 bits per heavy atom. The maximum absolute atomic E-state index is 12.1. The van der Waals surface area contributed by atoms with E-state index in [2.05, 4.69) is 28.7 Å². The van der Waals surface area contributed by atoms with Crippen LogP contribution in [0.2, 0.25) is 0 Å². The Kier molecular flexibility index (Phi) is 4.57. The van der Waals surface area contributed by atoms with Gasteiger partial charge in [-0.1, -0.05) is 12.8 Å². The van der Waals surface area contributed by atoms with Gasteiger partial charge in [-0.25, -0.2) is 0 Å².